The molecule has 1 aromatic rings. The molecule has 2 heterocycles. The lowest BCUT2D eigenvalue weighted by atomic mass is 10.1. The first-order valence-corrected chi connectivity index (χ1v) is 12.1. The van der Waals surface area contributed by atoms with Gasteiger partial charge in [-0.3, -0.25) is 9.59 Å². The highest BCUT2D eigenvalue weighted by Crippen LogP contribution is 2.27. The number of halogens is 1. The number of anilines is 1. The van der Waals surface area contributed by atoms with Crippen LogP contribution in [0.1, 0.15) is 13.3 Å². The molecular weight excluding hydrogens is 442 g/mol. The number of thioether (sulfide) groups is 1. The maximum absolute atomic E-state index is 13.1. The van der Waals surface area contributed by atoms with Crippen LogP contribution in [0.25, 0.3) is 0 Å². The van der Waals surface area contributed by atoms with Gasteiger partial charge in [-0.25, -0.2) is 4.79 Å². The van der Waals surface area contributed by atoms with Crippen molar-refractivity contribution >= 4 is 46.8 Å². The van der Waals surface area contributed by atoms with Crippen LogP contribution in [0.4, 0.5) is 5.69 Å². The molecule has 0 radical (unpaired) electrons. The summed E-state index contributed by atoms with van der Waals surface area (Å²) in [6.07, 6.45) is 0.691. The number of amides is 2. The van der Waals surface area contributed by atoms with Crippen LogP contribution in [-0.4, -0.2) is 85.7 Å². The van der Waals surface area contributed by atoms with Crippen molar-refractivity contribution in [2.45, 2.75) is 31.6 Å². The SMILES string of the molecule is CCOC(=O)[C@H]1O[C@@H]1C(=O)N[C@@H](CCSC)C(=O)N1CCN(c2ccccc2Cl)CC1. The molecule has 2 aliphatic heterocycles. The Hall–Kier alpha value is -1.97. The van der Waals surface area contributed by atoms with Gasteiger partial charge in [-0.1, -0.05) is 23.7 Å². The zero-order valence-corrected chi connectivity index (χ0v) is 19.3. The predicted molar refractivity (Wildman–Crippen MR) is 120 cm³/mol. The van der Waals surface area contributed by atoms with E-state index >= 15 is 0 Å². The van der Waals surface area contributed by atoms with Gasteiger partial charge in [-0.05, 0) is 37.5 Å². The molecule has 2 aliphatic rings. The minimum atomic E-state index is -0.888. The number of para-hydroxylation sites is 1. The quantitative estimate of drug-likeness (QED) is 0.433. The number of rotatable bonds is 9. The van der Waals surface area contributed by atoms with Crippen LogP contribution >= 0.6 is 23.4 Å². The van der Waals surface area contributed by atoms with Crippen molar-refractivity contribution in [3.63, 3.8) is 0 Å². The summed E-state index contributed by atoms with van der Waals surface area (Å²) in [6.45, 7) is 4.33. The Balaban J connectivity index is 1.56. The number of hydrogen-bond donors (Lipinski definition) is 1. The van der Waals surface area contributed by atoms with Crippen LogP contribution in [0, 0.1) is 0 Å². The van der Waals surface area contributed by atoms with Gasteiger partial charge in [0.1, 0.15) is 6.04 Å². The first-order chi connectivity index (χ1) is 15.0. The van der Waals surface area contributed by atoms with Crippen LogP contribution in [0.3, 0.4) is 0 Å². The average molecular weight is 470 g/mol. The molecule has 1 aromatic carbocycles. The number of ether oxygens (including phenoxy) is 2. The molecule has 2 fully saturated rings. The molecule has 170 valence electrons. The fourth-order valence-electron chi connectivity index (χ4n) is 3.56. The zero-order valence-electron chi connectivity index (χ0n) is 17.7. The number of hydrogen-bond acceptors (Lipinski definition) is 7. The van der Waals surface area contributed by atoms with Crippen LogP contribution in [0.5, 0.6) is 0 Å². The summed E-state index contributed by atoms with van der Waals surface area (Å²) in [4.78, 5) is 41.3. The minimum absolute atomic E-state index is 0.116. The lowest BCUT2D eigenvalue weighted by Crippen LogP contribution is -2.55. The van der Waals surface area contributed by atoms with Crippen LogP contribution in [0.2, 0.25) is 5.02 Å². The first kappa shape index (κ1) is 23.7. The number of carbonyl (C=O) groups excluding carboxylic acids is 3. The van der Waals surface area contributed by atoms with Crippen molar-refractivity contribution in [2.24, 2.45) is 0 Å². The molecule has 1 N–H and O–H groups in total. The highest BCUT2D eigenvalue weighted by atomic mass is 35.5. The second kappa shape index (κ2) is 11.1. The fraction of sp³-hybridized carbons (Fsp3) is 0.571. The van der Waals surface area contributed by atoms with Crippen molar-refractivity contribution in [3.8, 4) is 0 Å². The van der Waals surface area contributed by atoms with Gasteiger partial charge in [0, 0.05) is 26.2 Å². The molecule has 0 aromatic heterocycles. The number of benzene rings is 1. The van der Waals surface area contributed by atoms with Gasteiger partial charge < -0.3 is 24.6 Å². The molecule has 8 nitrogen and oxygen atoms in total. The molecule has 0 unspecified atom stereocenters. The number of esters is 1. The molecule has 10 heteroatoms. The highest BCUT2D eigenvalue weighted by molar-refractivity contribution is 7.98. The molecular formula is C21H28ClN3O5S. The molecule has 3 rings (SSSR count). The summed E-state index contributed by atoms with van der Waals surface area (Å²) in [5, 5.41) is 3.47. The molecule has 3 atom stereocenters. The van der Waals surface area contributed by atoms with Crippen molar-refractivity contribution in [1.82, 2.24) is 10.2 Å². The standard InChI is InChI=1S/C21H28ClN3O5S/c1-3-29-21(28)18-17(30-18)19(26)23-15(8-13-31-2)20(27)25-11-9-24(10-12-25)16-7-5-4-6-14(16)22/h4-7,15,17-18H,3,8-13H2,1-2H3,(H,23,26)/t15-,17-,18-/m0/s1. The highest BCUT2D eigenvalue weighted by Gasteiger charge is 2.52. The largest absolute Gasteiger partial charge is 0.464 e. The number of carbonyl (C=O) groups is 3. The van der Waals surface area contributed by atoms with E-state index in [-0.39, 0.29) is 12.5 Å². The number of nitrogens with zero attached hydrogens (tertiary/aromatic N) is 2. The molecule has 0 aliphatic carbocycles. The van der Waals surface area contributed by atoms with E-state index in [2.05, 4.69) is 10.2 Å². The smallest absolute Gasteiger partial charge is 0.338 e. The first-order valence-electron chi connectivity index (χ1n) is 10.4. The topological polar surface area (TPSA) is 91.5 Å². The van der Waals surface area contributed by atoms with Crippen molar-refractivity contribution in [3.05, 3.63) is 29.3 Å². The summed E-state index contributed by atoms with van der Waals surface area (Å²) >= 11 is 7.90. The average Bonchev–Trinajstić information content (AvgIpc) is 3.58. The molecule has 0 bridgehead atoms. The number of epoxide rings is 1. The van der Waals surface area contributed by atoms with E-state index in [9.17, 15) is 14.4 Å². The van der Waals surface area contributed by atoms with Crippen LogP contribution in [-0.2, 0) is 23.9 Å². The third-order valence-electron chi connectivity index (χ3n) is 5.28. The Morgan fingerprint density at radius 3 is 2.58 bits per heavy atom. The second-order valence-corrected chi connectivity index (χ2v) is 8.73. The Kier molecular flexibility index (Phi) is 8.45. The van der Waals surface area contributed by atoms with Gasteiger partial charge in [0.15, 0.2) is 12.2 Å². The predicted octanol–water partition coefficient (Wildman–Crippen LogP) is 1.56. The van der Waals surface area contributed by atoms with E-state index in [4.69, 9.17) is 21.1 Å². The van der Waals surface area contributed by atoms with Gasteiger partial charge in [0.2, 0.25) is 5.91 Å². The molecule has 2 amide bonds. The van der Waals surface area contributed by atoms with Crippen molar-refractivity contribution in [1.29, 1.82) is 0 Å². The summed E-state index contributed by atoms with van der Waals surface area (Å²) in [5.41, 5.74) is 0.958. The van der Waals surface area contributed by atoms with Gasteiger partial charge >= 0.3 is 5.97 Å². The van der Waals surface area contributed by atoms with E-state index in [1.807, 2.05) is 30.5 Å². The summed E-state index contributed by atoms with van der Waals surface area (Å²) < 4.78 is 10.0. The molecule has 0 saturated carbocycles. The Bertz CT molecular complexity index is 803. The lowest BCUT2D eigenvalue weighted by Gasteiger charge is -2.38. The Labute approximate surface area is 191 Å². The van der Waals surface area contributed by atoms with E-state index in [0.717, 1.165) is 11.4 Å². The fourth-order valence-corrected chi connectivity index (χ4v) is 4.29. The van der Waals surface area contributed by atoms with Gasteiger partial charge in [-0.2, -0.15) is 11.8 Å². The second-order valence-electron chi connectivity index (χ2n) is 7.34. The Morgan fingerprint density at radius 2 is 1.94 bits per heavy atom. The summed E-state index contributed by atoms with van der Waals surface area (Å²) in [5.74, 6) is -0.393. The summed E-state index contributed by atoms with van der Waals surface area (Å²) in [6, 6.07) is 7.00. The van der Waals surface area contributed by atoms with Crippen molar-refractivity contribution < 1.29 is 23.9 Å². The van der Waals surface area contributed by atoms with Gasteiger partial charge in [0.25, 0.3) is 5.91 Å². The van der Waals surface area contributed by atoms with Crippen molar-refractivity contribution in [2.75, 3.05) is 49.7 Å². The van der Waals surface area contributed by atoms with E-state index in [0.29, 0.717) is 37.6 Å². The maximum Gasteiger partial charge on any atom is 0.338 e. The third kappa shape index (κ3) is 6.05. The van der Waals surface area contributed by atoms with E-state index < -0.39 is 30.1 Å². The van der Waals surface area contributed by atoms with E-state index in [1.54, 1.807) is 23.6 Å². The summed E-state index contributed by atoms with van der Waals surface area (Å²) in [7, 11) is 0. The van der Waals surface area contributed by atoms with Crippen LogP contribution in [0.15, 0.2) is 24.3 Å². The third-order valence-corrected chi connectivity index (χ3v) is 6.24. The normalized spacial score (nSPS) is 21.4. The monoisotopic (exact) mass is 469 g/mol. The van der Waals surface area contributed by atoms with Gasteiger partial charge in [-0.15, -0.1) is 0 Å². The number of nitrogens with one attached hydrogen (secondary N) is 1. The Morgan fingerprint density at radius 1 is 1.23 bits per heavy atom. The van der Waals surface area contributed by atoms with E-state index in [1.165, 1.54) is 0 Å². The number of piperazine rings is 1. The lowest BCUT2D eigenvalue weighted by molar-refractivity contribution is -0.144. The molecule has 0 spiro atoms. The van der Waals surface area contributed by atoms with Crippen LogP contribution < -0.4 is 10.2 Å². The molecule has 2 saturated heterocycles. The zero-order chi connectivity index (χ0) is 22.4. The van der Waals surface area contributed by atoms with Gasteiger partial charge in [0.05, 0.1) is 17.3 Å². The molecule has 31 heavy (non-hydrogen) atoms. The maximum atomic E-state index is 13.1. The minimum Gasteiger partial charge on any atom is -0.464 e.